The molecule has 4 nitrogen and oxygen atoms in total. The molecule has 0 aromatic heterocycles. The first-order chi connectivity index (χ1) is 10.4. The maximum atomic E-state index is 5.88. The Bertz CT molecular complexity index is 531. The largest absolute Gasteiger partial charge is 0.491 e. The van der Waals surface area contributed by atoms with Gasteiger partial charge in [-0.05, 0) is 18.2 Å². The molecule has 0 amide bonds. The molecule has 0 bridgehead atoms. The van der Waals surface area contributed by atoms with E-state index in [0.717, 1.165) is 22.8 Å². The van der Waals surface area contributed by atoms with E-state index in [0.29, 0.717) is 33.0 Å². The van der Waals surface area contributed by atoms with Crippen LogP contribution >= 0.6 is 0 Å². The molecule has 0 saturated carbocycles. The normalized spacial score (nSPS) is 15.6. The fourth-order valence-electron chi connectivity index (χ4n) is 2.13. The van der Waals surface area contributed by atoms with Crippen molar-refractivity contribution in [1.29, 1.82) is 0 Å². The highest BCUT2D eigenvalue weighted by Gasteiger charge is 2.08. The van der Waals surface area contributed by atoms with Crippen LogP contribution in [0.25, 0.3) is 0 Å². The van der Waals surface area contributed by atoms with Gasteiger partial charge in [0.2, 0.25) is 0 Å². The van der Waals surface area contributed by atoms with Crippen LogP contribution in [0, 0.1) is 0 Å². The molecule has 0 atom stereocenters. The van der Waals surface area contributed by atoms with Gasteiger partial charge in [0.25, 0.3) is 0 Å². The second-order valence-corrected chi connectivity index (χ2v) is 4.65. The molecule has 0 aliphatic carbocycles. The van der Waals surface area contributed by atoms with E-state index in [2.05, 4.69) is 0 Å². The summed E-state index contributed by atoms with van der Waals surface area (Å²) in [5.74, 6) is 2.30. The van der Waals surface area contributed by atoms with Gasteiger partial charge in [0.15, 0.2) is 11.5 Å². The fraction of sp³-hybridized carbons (Fsp3) is 0.294. The first kappa shape index (κ1) is 13.8. The maximum absolute atomic E-state index is 5.88. The van der Waals surface area contributed by atoms with Gasteiger partial charge in [-0.1, -0.05) is 30.3 Å². The molecule has 0 N–H and O–H groups in total. The Morgan fingerprint density at radius 3 is 1.90 bits per heavy atom. The third-order valence-corrected chi connectivity index (χ3v) is 3.18. The Morgan fingerprint density at radius 1 is 0.571 bits per heavy atom. The Kier molecular flexibility index (Phi) is 4.59. The summed E-state index contributed by atoms with van der Waals surface area (Å²) in [6, 6.07) is 15.5. The van der Waals surface area contributed by atoms with E-state index >= 15 is 0 Å². The van der Waals surface area contributed by atoms with E-state index in [4.69, 9.17) is 18.9 Å². The van der Waals surface area contributed by atoms with Gasteiger partial charge < -0.3 is 18.9 Å². The maximum Gasteiger partial charge on any atom is 0.161 e. The van der Waals surface area contributed by atoms with E-state index in [9.17, 15) is 0 Å². The lowest BCUT2D eigenvalue weighted by Crippen LogP contribution is -2.12. The summed E-state index contributed by atoms with van der Waals surface area (Å²) in [6.07, 6.45) is 0. The number of hydrogen-bond acceptors (Lipinski definition) is 4. The summed E-state index contributed by atoms with van der Waals surface area (Å²) < 4.78 is 22.8. The third kappa shape index (κ3) is 3.67. The highest BCUT2D eigenvalue weighted by Crippen LogP contribution is 2.28. The van der Waals surface area contributed by atoms with Crippen molar-refractivity contribution in [2.45, 2.75) is 6.61 Å². The molecule has 1 aliphatic rings. The van der Waals surface area contributed by atoms with Crippen molar-refractivity contribution in [3.63, 3.8) is 0 Å². The molecule has 0 unspecified atom stereocenters. The van der Waals surface area contributed by atoms with Crippen molar-refractivity contribution in [1.82, 2.24) is 0 Å². The van der Waals surface area contributed by atoms with E-state index in [1.165, 1.54) is 0 Å². The molecule has 0 radical (unpaired) electrons. The van der Waals surface area contributed by atoms with Gasteiger partial charge in [-0.3, -0.25) is 0 Å². The Labute approximate surface area is 124 Å². The summed E-state index contributed by atoms with van der Waals surface area (Å²) in [5.41, 5.74) is 1.01. The molecular formula is C17H18O4. The van der Waals surface area contributed by atoms with Crippen LogP contribution in [-0.4, -0.2) is 26.4 Å². The van der Waals surface area contributed by atoms with Gasteiger partial charge in [-0.25, -0.2) is 0 Å². The van der Waals surface area contributed by atoms with Gasteiger partial charge in [0, 0.05) is 5.56 Å². The van der Waals surface area contributed by atoms with Crippen LogP contribution in [0.4, 0.5) is 0 Å². The summed E-state index contributed by atoms with van der Waals surface area (Å²) >= 11 is 0. The molecule has 3 rings (SSSR count). The molecular weight excluding hydrogens is 268 g/mol. The summed E-state index contributed by atoms with van der Waals surface area (Å²) in [5, 5.41) is 0. The molecule has 1 heterocycles. The number of hydrogen-bond donors (Lipinski definition) is 0. The van der Waals surface area contributed by atoms with Crippen molar-refractivity contribution in [2.24, 2.45) is 0 Å². The topological polar surface area (TPSA) is 36.9 Å². The molecule has 0 spiro atoms. The Morgan fingerprint density at radius 2 is 1.14 bits per heavy atom. The first-order valence-corrected chi connectivity index (χ1v) is 7.06. The van der Waals surface area contributed by atoms with Crippen molar-refractivity contribution in [3.05, 3.63) is 54.1 Å². The summed E-state index contributed by atoms with van der Waals surface area (Å²) in [7, 11) is 0. The molecule has 0 fully saturated rings. The van der Waals surface area contributed by atoms with Crippen LogP contribution in [0.3, 0.4) is 0 Å². The van der Waals surface area contributed by atoms with Gasteiger partial charge in [0.1, 0.15) is 25.6 Å². The van der Waals surface area contributed by atoms with Crippen LogP contribution in [0.2, 0.25) is 0 Å². The molecule has 4 heteroatoms. The van der Waals surface area contributed by atoms with Crippen LogP contribution in [0.15, 0.2) is 48.5 Å². The zero-order chi connectivity index (χ0) is 14.3. The number of rotatable bonds is 0. The van der Waals surface area contributed by atoms with Gasteiger partial charge in [-0.2, -0.15) is 0 Å². The smallest absolute Gasteiger partial charge is 0.161 e. The molecule has 2 aromatic rings. The minimum absolute atomic E-state index is 0.442. The zero-order valence-electron chi connectivity index (χ0n) is 11.8. The van der Waals surface area contributed by atoms with Crippen LogP contribution in [0.5, 0.6) is 17.2 Å². The molecule has 1 aliphatic heterocycles. The van der Waals surface area contributed by atoms with Gasteiger partial charge in [-0.15, -0.1) is 0 Å². The monoisotopic (exact) mass is 286 g/mol. The van der Waals surface area contributed by atoms with E-state index < -0.39 is 0 Å². The molecule has 110 valence electrons. The molecule has 0 saturated heterocycles. The van der Waals surface area contributed by atoms with Crippen LogP contribution < -0.4 is 14.2 Å². The highest BCUT2D eigenvalue weighted by atomic mass is 16.6. The third-order valence-electron chi connectivity index (χ3n) is 3.18. The predicted molar refractivity (Wildman–Crippen MR) is 79.0 cm³/mol. The second-order valence-electron chi connectivity index (χ2n) is 4.65. The lowest BCUT2D eigenvalue weighted by Gasteiger charge is -2.13. The predicted octanol–water partition coefficient (Wildman–Crippen LogP) is 3.05. The Balaban J connectivity index is 1.83. The first-order valence-electron chi connectivity index (χ1n) is 7.06. The lowest BCUT2D eigenvalue weighted by molar-refractivity contribution is 0.0762. The average molecular weight is 286 g/mol. The van der Waals surface area contributed by atoms with Crippen molar-refractivity contribution in [2.75, 3.05) is 26.4 Å². The van der Waals surface area contributed by atoms with Crippen LogP contribution in [-0.2, 0) is 11.3 Å². The minimum Gasteiger partial charge on any atom is -0.491 e. The van der Waals surface area contributed by atoms with Crippen LogP contribution in [0.1, 0.15) is 5.56 Å². The number of para-hydroxylation sites is 3. The Hall–Kier alpha value is -2.20. The number of benzene rings is 2. The summed E-state index contributed by atoms with van der Waals surface area (Å²) in [4.78, 5) is 0. The molecule has 21 heavy (non-hydrogen) atoms. The minimum atomic E-state index is 0.442. The average Bonchev–Trinajstić information content (AvgIpc) is 2.55. The van der Waals surface area contributed by atoms with E-state index in [1.54, 1.807) is 0 Å². The second kappa shape index (κ2) is 6.99. The SMILES string of the molecule is c1ccc2c(c1)COc1ccccc1OCCOCCO2. The lowest BCUT2D eigenvalue weighted by atomic mass is 10.2. The van der Waals surface area contributed by atoms with Gasteiger partial charge >= 0.3 is 0 Å². The summed E-state index contributed by atoms with van der Waals surface area (Å²) in [6.45, 7) is 2.52. The quantitative estimate of drug-likeness (QED) is 0.746. The molecule has 2 aromatic carbocycles. The fourth-order valence-corrected chi connectivity index (χ4v) is 2.13. The van der Waals surface area contributed by atoms with E-state index in [-0.39, 0.29) is 0 Å². The van der Waals surface area contributed by atoms with Crippen molar-refractivity contribution in [3.8, 4) is 17.2 Å². The number of ether oxygens (including phenoxy) is 4. The number of fused-ring (bicyclic) bond motifs is 2. The van der Waals surface area contributed by atoms with Crippen molar-refractivity contribution < 1.29 is 18.9 Å². The standard InChI is InChI=1S/C17H18O4/c1-2-6-15-14(5-1)13-21-17-8-4-3-7-16(17)20-12-10-18-9-11-19-15/h1-8H,9-13H2. The zero-order valence-corrected chi connectivity index (χ0v) is 11.8. The highest BCUT2D eigenvalue weighted by molar-refractivity contribution is 5.40. The van der Waals surface area contributed by atoms with Crippen molar-refractivity contribution >= 4 is 0 Å². The van der Waals surface area contributed by atoms with Gasteiger partial charge in [0.05, 0.1) is 13.2 Å². The van der Waals surface area contributed by atoms with E-state index in [1.807, 2.05) is 48.5 Å².